The van der Waals surface area contributed by atoms with E-state index in [0.29, 0.717) is 0 Å². The first-order valence-electron chi connectivity index (χ1n) is 19.2. The first-order chi connectivity index (χ1) is 28.3. The van der Waals surface area contributed by atoms with Gasteiger partial charge in [-0.3, -0.25) is 0 Å². The van der Waals surface area contributed by atoms with Crippen LogP contribution in [-0.2, 0) is 0 Å². The van der Waals surface area contributed by atoms with Gasteiger partial charge in [-0.05, 0) is 89.6 Å². The predicted molar refractivity (Wildman–Crippen MR) is 235 cm³/mol. The summed E-state index contributed by atoms with van der Waals surface area (Å²) in [7, 11) is 0. The molecular formula is C52H32N2O3. The predicted octanol–water partition coefficient (Wildman–Crippen LogP) is 15.5. The maximum Gasteiger partial charge on any atom is 0.139 e. The Bertz CT molecular complexity index is 3490. The normalized spacial score (nSPS) is 11.9. The number of furan rings is 3. The van der Waals surface area contributed by atoms with Crippen LogP contribution >= 0.6 is 0 Å². The summed E-state index contributed by atoms with van der Waals surface area (Å²) in [6, 6.07) is 67.7. The van der Waals surface area contributed by atoms with E-state index in [0.717, 1.165) is 111 Å². The van der Waals surface area contributed by atoms with Crippen molar-refractivity contribution in [2.75, 3.05) is 9.80 Å². The van der Waals surface area contributed by atoms with E-state index in [2.05, 4.69) is 174 Å². The molecule has 0 fully saturated rings. The molecule has 0 saturated heterocycles. The SMILES string of the molecule is c1ccc(N(c2cc(N(c3ccccc3)c3cccc4oc5ccccc5c34)c3c(c2)oc2cc4ccccc4cc23)c2cccc3oc4ccccc4c23)cc1. The zero-order valence-electron chi connectivity index (χ0n) is 30.6. The monoisotopic (exact) mass is 732 g/mol. The van der Waals surface area contributed by atoms with Crippen molar-refractivity contribution in [2.24, 2.45) is 0 Å². The topological polar surface area (TPSA) is 45.9 Å². The molecule has 0 bridgehead atoms. The van der Waals surface area contributed by atoms with Crippen molar-refractivity contribution in [1.82, 2.24) is 0 Å². The van der Waals surface area contributed by atoms with E-state index in [1.165, 1.54) is 0 Å². The molecule has 0 aliphatic rings. The molecule has 3 heterocycles. The van der Waals surface area contributed by atoms with E-state index in [9.17, 15) is 0 Å². The van der Waals surface area contributed by atoms with Crippen LogP contribution in [0.3, 0.4) is 0 Å². The molecule has 5 heteroatoms. The van der Waals surface area contributed by atoms with E-state index >= 15 is 0 Å². The lowest BCUT2D eigenvalue weighted by molar-refractivity contribution is 0.668. The highest BCUT2D eigenvalue weighted by atomic mass is 16.3. The van der Waals surface area contributed by atoms with E-state index in [1.54, 1.807) is 0 Å². The molecule has 0 spiro atoms. The molecule has 0 amide bonds. The lowest BCUT2D eigenvalue weighted by Gasteiger charge is -2.30. The molecule has 0 atom stereocenters. The first kappa shape index (κ1) is 31.6. The van der Waals surface area contributed by atoms with E-state index in [4.69, 9.17) is 13.3 Å². The van der Waals surface area contributed by atoms with Crippen LogP contribution < -0.4 is 9.80 Å². The minimum atomic E-state index is 0.781. The summed E-state index contributed by atoms with van der Waals surface area (Å²) >= 11 is 0. The summed E-state index contributed by atoms with van der Waals surface area (Å²) in [4.78, 5) is 4.70. The second-order valence-electron chi connectivity index (χ2n) is 14.5. The third-order valence-electron chi connectivity index (χ3n) is 11.2. The molecule has 0 N–H and O–H groups in total. The van der Waals surface area contributed by atoms with Crippen LogP contribution in [0.5, 0.6) is 0 Å². The summed E-state index contributed by atoms with van der Waals surface area (Å²) in [6.07, 6.45) is 0. The Labute approximate surface area is 326 Å². The smallest absolute Gasteiger partial charge is 0.139 e. The fourth-order valence-corrected chi connectivity index (χ4v) is 8.73. The molecule has 9 aromatic carbocycles. The van der Waals surface area contributed by atoms with E-state index < -0.39 is 0 Å². The van der Waals surface area contributed by atoms with Crippen molar-refractivity contribution < 1.29 is 13.3 Å². The van der Waals surface area contributed by atoms with Gasteiger partial charge >= 0.3 is 0 Å². The van der Waals surface area contributed by atoms with Crippen LogP contribution in [0.25, 0.3) is 76.6 Å². The van der Waals surface area contributed by atoms with Crippen LogP contribution in [0.1, 0.15) is 0 Å². The molecule has 0 radical (unpaired) electrons. The lowest BCUT2D eigenvalue weighted by atomic mass is 10.0. The second-order valence-corrected chi connectivity index (χ2v) is 14.5. The molecule has 268 valence electrons. The standard InChI is InChI=1S/C52H32N2O3/c1-3-17-35(18-4-1)53(41-23-13-27-46-50(41)38-21-9-11-25-44(38)55-46)37-31-43(52-40-29-33-15-7-8-16-34(33)30-48(40)57-49(52)32-37)54(36-19-5-2-6-20-36)42-24-14-28-47-51(42)39-22-10-12-26-45(39)56-47/h1-32H. The van der Waals surface area contributed by atoms with Crippen molar-refractivity contribution in [2.45, 2.75) is 0 Å². The van der Waals surface area contributed by atoms with Gasteiger partial charge in [-0.25, -0.2) is 0 Å². The van der Waals surface area contributed by atoms with Crippen molar-refractivity contribution in [1.29, 1.82) is 0 Å². The summed E-state index contributed by atoms with van der Waals surface area (Å²) in [5.74, 6) is 0. The Kier molecular flexibility index (Phi) is 6.86. The molecule has 57 heavy (non-hydrogen) atoms. The van der Waals surface area contributed by atoms with Gasteiger partial charge in [-0.15, -0.1) is 0 Å². The van der Waals surface area contributed by atoms with Gasteiger partial charge in [-0.2, -0.15) is 0 Å². The minimum Gasteiger partial charge on any atom is -0.456 e. The highest BCUT2D eigenvalue weighted by Crippen LogP contribution is 2.51. The summed E-state index contributed by atoms with van der Waals surface area (Å²) in [5.41, 5.74) is 10.9. The number of nitrogens with zero attached hydrogens (tertiary/aromatic N) is 2. The van der Waals surface area contributed by atoms with E-state index in [-0.39, 0.29) is 0 Å². The number of hydrogen-bond donors (Lipinski definition) is 0. The van der Waals surface area contributed by atoms with Gasteiger partial charge in [0.2, 0.25) is 0 Å². The van der Waals surface area contributed by atoms with Gasteiger partial charge in [0.1, 0.15) is 33.5 Å². The second kappa shape index (κ2) is 12.4. The number of hydrogen-bond acceptors (Lipinski definition) is 5. The lowest BCUT2D eigenvalue weighted by Crippen LogP contribution is -2.14. The molecule has 0 unspecified atom stereocenters. The number of benzene rings is 9. The fourth-order valence-electron chi connectivity index (χ4n) is 8.73. The van der Waals surface area contributed by atoms with Crippen LogP contribution in [0.2, 0.25) is 0 Å². The molecule has 12 aromatic rings. The Morgan fingerprint density at radius 1 is 0.263 bits per heavy atom. The van der Waals surface area contributed by atoms with Crippen molar-refractivity contribution in [3.63, 3.8) is 0 Å². The summed E-state index contributed by atoms with van der Waals surface area (Å²) < 4.78 is 19.9. The van der Waals surface area contributed by atoms with Gasteiger partial charge in [0.25, 0.3) is 0 Å². The third kappa shape index (κ3) is 4.89. The molecule has 12 rings (SSSR count). The number of para-hydroxylation sites is 4. The zero-order valence-corrected chi connectivity index (χ0v) is 30.6. The van der Waals surface area contributed by atoms with Crippen LogP contribution in [0, 0.1) is 0 Å². The Balaban J connectivity index is 1.23. The Morgan fingerprint density at radius 2 is 0.737 bits per heavy atom. The van der Waals surface area contributed by atoms with Crippen LogP contribution in [0.15, 0.2) is 207 Å². The van der Waals surface area contributed by atoms with Gasteiger partial charge in [0.15, 0.2) is 0 Å². The van der Waals surface area contributed by atoms with Gasteiger partial charge in [0, 0.05) is 33.6 Å². The minimum absolute atomic E-state index is 0.781. The number of anilines is 6. The quantitative estimate of drug-likeness (QED) is 0.170. The highest BCUT2D eigenvalue weighted by molar-refractivity contribution is 6.21. The zero-order chi connectivity index (χ0) is 37.5. The van der Waals surface area contributed by atoms with Gasteiger partial charge < -0.3 is 23.1 Å². The molecular weight excluding hydrogens is 701 g/mol. The molecule has 0 aliphatic heterocycles. The first-order valence-corrected chi connectivity index (χ1v) is 19.2. The van der Waals surface area contributed by atoms with E-state index in [1.807, 2.05) is 30.3 Å². The average molecular weight is 733 g/mol. The number of fused-ring (bicyclic) bond motifs is 10. The Morgan fingerprint density at radius 3 is 1.37 bits per heavy atom. The maximum atomic E-state index is 6.98. The van der Waals surface area contributed by atoms with Crippen LogP contribution in [-0.4, -0.2) is 0 Å². The third-order valence-corrected chi connectivity index (χ3v) is 11.2. The molecule has 0 saturated carbocycles. The molecule has 0 aliphatic carbocycles. The largest absolute Gasteiger partial charge is 0.456 e. The average Bonchev–Trinajstić information content (AvgIpc) is 3.95. The maximum absolute atomic E-state index is 6.98. The van der Waals surface area contributed by atoms with Gasteiger partial charge in [0.05, 0.1) is 38.9 Å². The molecule has 3 aromatic heterocycles. The van der Waals surface area contributed by atoms with Crippen LogP contribution in [0.4, 0.5) is 34.1 Å². The molecule has 5 nitrogen and oxygen atoms in total. The van der Waals surface area contributed by atoms with Crippen molar-refractivity contribution in [3.05, 3.63) is 194 Å². The highest BCUT2D eigenvalue weighted by Gasteiger charge is 2.27. The summed E-state index contributed by atoms with van der Waals surface area (Å²) in [6.45, 7) is 0. The Hall–Kier alpha value is -7.76. The number of rotatable bonds is 6. The summed E-state index contributed by atoms with van der Waals surface area (Å²) in [5, 5.41) is 8.56. The van der Waals surface area contributed by atoms with Gasteiger partial charge in [-0.1, -0.05) is 109 Å². The van der Waals surface area contributed by atoms with Crippen molar-refractivity contribution >= 4 is 111 Å². The fraction of sp³-hybridized carbons (Fsp3) is 0. The van der Waals surface area contributed by atoms with Crippen molar-refractivity contribution in [3.8, 4) is 0 Å².